The predicted octanol–water partition coefficient (Wildman–Crippen LogP) is 3.45. The van der Waals surface area contributed by atoms with Gasteiger partial charge in [0, 0.05) is 5.56 Å². The standard InChI is InChI=1S/C16H25NO3Si/c1-16(2,3)21(4,5)20-9-8-19-15-10-13(11-17)6-7-14(15)12-18/h6-7,10,18H,8-9,12H2,1-5H3. The van der Waals surface area contributed by atoms with Gasteiger partial charge in [0.15, 0.2) is 8.32 Å². The lowest BCUT2D eigenvalue weighted by molar-refractivity contribution is 0.198. The molecule has 116 valence electrons. The van der Waals surface area contributed by atoms with Gasteiger partial charge in [0.2, 0.25) is 0 Å². The van der Waals surface area contributed by atoms with Crippen molar-refractivity contribution in [3.8, 4) is 11.8 Å². The van der Waals surface area contributed by atoms with Crippen LogP contribution in [0.4, 0.5) is 0 Å². The number of aliphatic hydroxyl groups is 1. The van der Waals surface area contributed by atoms with Gasteiger partial charge in [-0.25, -0.2) is 0 Å². The van der Waals surface area contributed by atoms with Crippen LogP contribution in [-0.4, -0.2) is 26.6 Å². The molecule has 4 nitrogen and oxygen atoms in total. The summed E-state index contributed by atoms with van der Waals surface area (Å²) in [5, 5.41) is 18.4. The summed E-state index contributed by atoms with van der Waals surface area (Å²) in [6, 6.07) is 7.10. The smallest absolute Gasteiger partial charge is 0.192 e. The Morgan fingerprint density at radius 3 is 2.43 bits per heavy atom. The Morgan fingerprint density at radius 2 is 1.90 bits per heavy atom. The highest BCUT2D eigenvalue weighted by Gasteiger charge is 2.36. The van der Waals surface area contributed by atoms with Crippen molar-refractivity contribution >= 4 is 8.32 Å². The van der Waals surface area contributed by atoms with Crippen LogP contribution in [0.3, 0.4) is 0 Å². The molecule has 0 bridgehead atoms. The van der Waals surface area contributed by atoms with E-state index in [0.717, 1.165) is 0 Å². The van der Waals surface area contributed by atoms with E-state index in [4.69, 9.17) is 14.4 Å². The van der Waals surface area contributed by atoms with Gasteiger partial charge in [-0.3, -0.25) is 0 Å². The molecule has 0 aromatic heterocycles. The summed E-state index contributed by atoms with van der Waals surface area (Å²) in [6.45, 7) is 11.8. The fourth-order valence-corrected chi connectivity index (χ4v) is 2.58. The highest BCUT2D eigenvalue weighted by atomic mass is 28.4. The van der Waals surface area contributed by atoms with Gasteiger partial charge < -0.3 is 14.3 Å². The molecule has 0 aliphatic heterocycles. The summed E-state index contributed by atoms with van der Waals surface area (Å²) >= 11 is 0. The Balaban J connectivity index is 2.59. The molecule has 0 heterocycles. The molecule has 0 fully saturated rings. The van der Waals surface area contributed by atoms with Crippen molar-refractivity contribution < 1.29 is 14.3 Å². The number of ether oxygens (including phenoxy) is 1. The molecule has 0 saturated heterocycles. The zero-order valence-corrected chi connectivity index (χ0v) is 14.6. The molecule has 1 rings (SSSR count). The maximum atomic E-state index is 9.29. The normalized spacial score (nSPS) is 12.0. The van der Waals surface area contributed by atoms with E-state index in [1.54, 1.807) is 18.2 Å². The van der Waals surface area contributed by atoms with Crippen LogP contribution in [0.15, 0.2) is 18.2 Å². The molecule has 0 atom stereocenters. The van der Waals surface area contributed by atoms with Crippen LogP contribution in [0.5, 0.6) is 5.75 Å². The van der Waals surface area contributed by atoms with Gasteiger partial charge in [-0.05, 0) is 30.3 Å². The van der Waals surface area contributed by atoms with Crippen LogP contribution in [-0.2, 0) is 11.0 Å². The third-order valence-corrected chi connectivity index (χ3v) is 8.51. The number of nitrogens with zero attached hydrogens (tertiary/aromatic N) is 1. The molecule has 0 amide bonds. The van der Waals surface area contributed by atoms with Crippen LogP contribution >= 0.6 is 0 Å². The summed E-state index contributed by atoms with van der Waals surface area (Å²) in [5.41, 5.74) is 1.20. The van der Waals surface area contributed by atoms with Gasteiger partial charge in [-0.2, -0.15) is 5.26 Å². The van der Waals surface area contributed by atoms with Crippen molar-refractivity contribution in [3.05, 3.63) is 29.3 Å². The first kappa shape index (κ1) is 17.7. The third-order valence-electron chi connectivity index (χ3n) is 3.98. The van der Waals surface area contributed by atoms with Crippen LogP contribution in [0.25, 0.3) is 0 Å². The Kier molecular flexibility index (Phi) is 5.96. The van der Waals surface area contributed by atoms with Gasteiger partial charge in [0.25, 0.3) is 0 Å². The van der Waals surface area contributed by atoms with E-state index in [1.165, 1.54) is 0 Å². The minimum atomic E-state index is -1.76. The molecule has 0 aliphatic rings. The SMILES string of the molecule is CC(C)(C)[Si](C)(C)OCCOc1cc(C#N)ccc1CO. The van der Waals surface area contributed by atoms with E-state index in [-0.39, 0.29) is 11.6 Å². The van der Waals surface area contributed by atoms with Crippen LogP contribution in [0.1, 0.15) is 31.9 Å². The first-order chi connectivity index (χ1) is 9.71. The zero-order valence-electron chi connectivity index (χ0n) is 13.6. The molecule has 0 unspecified atom stereocenters. The number of benzene rings is 1. The second-order valence-electron chi connectivity index (χ2n) is 6.55. The van der Waals surface area contributed by atoms with E-state index in [2.05, 4.69) is 39.9 Å². The van der Waals surface area contributed by atoms with E-state index in [1.807, 2.05) is 0 Å². The fourth-order valence-electron chi connectivity index (χ4n) is 1.55. The molecule has 0 aliphatic carbocycles. The summed E-state index contributed by atoms with van der Waals surface area (Å²) in [5.74, 6) is 0.551. The van der Waals surface area contributed by atoms with E-state index >= 15 is 0 Å². The monoisotopic (exact) mass is 307 g/mol. The first-order valence-corrected chi connectivity index (χ1v) is 10.0. The molecule has 0 spiro atoms. The first-order valence-electron chi connectivity index (χ1n) is 7.12. The molecule has 5 heteroatoms. The Labute approximate surface area is 128 Å². The lowest BCUT2D eigenvalue weighted by Crippen LogP contribution is -2.41. The predicted molar refractivity (Wildman–Crippen MR) is 85.7 cm³/mol. The molecule has 1 aromatic rings. The Morgan fingerprint density at radius 1 is 1.24 bits per heavy atom. The molecular weight excluding hydrogens is 282 g/mol. The van der Waals surface area contributed by atoms with Crippen molar-refractivity contribution in [2.24, 2.45) is 0 Å². The molecular formula is C16H25NO3Si. The average molecular weight is 307 g/mol. The molecule has 0 saturated carbocycles. The molecule has 21 heavy (non-hydrogen) atoms. The van der Waals surface area contributed by atoms with Crippen molar-refractivity contribution in [1.29, 1.82) is 5.26 Å². The summed E-state index contributed by atoms with van der Waals surface area (Å²) in [6.07, 6.45) is 0. The highest BCUT2D eigenvalue weighted by Crippen LogP contribution is 2.36. The van der Waals surface area contributed by atoms with Gasteiger partial charge >= 0.3 is 0 Å². The fraction of sp³-hybridized carbons (Fsp3) is 0.562. The van der Waals surface area contributed by atoms with Crippen molar-refractivity contribution in [2.75, 3.05) is 13.2 Å². The summed E-state index contributed by atoms with van der Waals surface area (Å²) < 4.78 is 11.7. The number of aliphatic hydroxyl groups excluding tert-OH is 1. The van der Waals surface area contributed by atoms with Gasteiger partial charge in [-0.15, -0.1) is 0 Å². The summed E-state index contributed by atoms with van der Waals surface area (Å²) in [4.78, 5) is 0. The van der Waals surface area contributed by atoms with Crippen LogP contribution in [0, 0.1) is 11.3 Å². The Hall–Kier alpha value is -1.35. The van der Waals surface area contributed by atoms with Crippen molar-refractivity contribution in [3.63, 3.8) is 0 Å². The van der Waals surface area contributed by atoms with E-state index in [9.17, 15) is 5.11 Å². The van der Waals surface area contributed by atoms with E-state index < -0.39 is 8.32 Å². The summed E-state index contributed by atoms with van der Waals surface area (Å²) in [7, 11) is -1.76. The second kappa shape index (κ2) is 7.08. The van der Waals surface area contributed by atoms with Crippen molar-refractivity contribution in [1.82, 2.24) is 0 Å². The Bertz CT molecular complexity index is 515. The molecule has 1 N–H and O–H groups in total. The largest absolute Gasteiger partial charge is 0.491 e. The third kappa shape index (κ3) is 4.85. The lowest BCUT2D eigenvalue weighted by Gasteiger charge is -2.36. The van der Waals surface area contributed by atoms with Gasteiger partial charge in [0.1, 0.15) is 12.4 Å². The maximum absolute atomic E-state index is 9.29. The molecule has 1 aromatic carbocycles. The minimum Gasteiger partial charge on any atom is -0.491 e. The minimum absolute atomic E-state index is 0.107. The molecule has 0 radical (unpaired) electrons. The van der Waals surface area contributed by atoms with Crippen molar-refractivity contribution in [2.45, 2.75) is 45.5 Å². The van der Waals surface area contributed by atoms with Gasteiger partial charge in [0.05, 0.1) is 24.8 Å². The quantitative estimate of drug-likeness (QED) is 0.646. The van der Waals surface area contributed by atoms with E-state index in [0.29, 0.717) is 30.1 Å². The van der Waals surface area contributed by atoms with Crippen LogP contribution < -0.4 is 4.74 Å². The zero-order chi connectivity index (χ0) is 16.1. The number of rotatable bonds is 6. The number of hydrogen-bond donors (Lipinski definition) is 1. The topological polar surface area (TPSA) is 62.5 Å². The second-order valence-corrected chi connectivity index (χ2v) is 11.4. The number of hydrogen-bond acceptors (Lipinski definition) is 4. The highest BCUT2D eigenvalue weighted by molar-refractivity contribution is 6.74. The maximum Gasteiger partial charge on any atom is 0.192 e. The average Bonchev–Trinajstić information content (AvgIpc) is 2.42. The van der Waals surface area contributed by atoms with Gasteiger partial charge in [-0.1, -0.05) is 26.8 Å². The number of nitriles is 1. The van der Waals surface area contributed by atoms with Crippen LogP contribution in [0.2, 0.25) is 18.1 Å². The lowest BCUT2D eigenvalue weighted by atomic mass is 10.1.